The van der Waals surface area contributed by atoms with Crippen molar-refractivity contribution in [3.63, 3.8) is 0 Å². The van der Waals surface area contributed by atoms with Crippen molar-refractivity contribution in [3.05, 3.63) is 18.5 Å². The molecule has 0 saturated carbocycles. The molecule has 2 heterocycles. The molecular weight excluding hydrogens is 216 g/mol. The number of nitrogens with one attached hydrogen (secondary N) is 1. The summed E-state index contributed by atoms with van der Waals surface area (Å²) in [7, 11) is 1.82. The first-order valence-corrected chi connectivity index (χ1v) is 5.59. The van der Waals surface area contributed by atoms with Crippen LogP contribution in [0.1, 0.15) is 13.3 Å². The highest BCUT2D eigenvalue weighted by atomic mass is 15.4. The number of hydrogen-bond acceptors (Lipinski definition) is 5. The Kier molecular flexibility index (Phi) is 3.22. The van der Waals surface area contributed by atoms with Gasteiger partial charge < -0.3 is 11.1 Å². The van der Waals surface area contributed by atoms with Gasteiger partial charge in [0.2, 0.25) is 0 Å². The van der Waals surface area contributed by atoms with Gasteiger partial charge in [-0.15, -0.1) is 5.10 Å². The van der Waals surface area contributed by atoms with Crippen LogP contribution < -0.4 is 11.1 Å². The molecule has 0 fully saturated rings. The lowest BCUT2D eigenvalue weighted by Crippen LogP contribution is -1.99. The Morgan fingerprint density at radius 3 is 3.00 bits per heavy atom. The molecule has 0 bridgehead atoms. The highest BCUT2D eigenvalue weighted by Gasteiger charge is 2.11. The van der Waals surface area contributed by atoms with Gasteiger partial charge in [-0.3, -0.25) is 9.67 Å². The van der Waals surface area contributed by atoms with Crippen molar-refractivity contribution in [1.82, 2.24) is 20.0 Å². The average molecular weight is 232 g/mol. The molecule has 2 aromatic heterocycles. The number of anilines is 2. The Labute approximate surface area is 99.9 Å². The van der Waals surface area contributed by atoms with E-state index in [2.05, 4.69) is 27.5 Å². The lowest BCUT2D eigenvalue weighted by molar-refractivity contribution is 0.579. The third-order valence-corrected chi connectivity index (χ3v) is 2.49. The van der Waals surface area contributed by atoms with Crippen LogP contribution in [-0.2, 0) is 6.54 Å². The fourth-order valence-corrected chi connectivity index (χ4v) is 1.64. The van der Waals surface area contributed by atoms with Crippen molar-refractivity contribution in [1.29, 1.82) is 0 Å². The molecule has 90 valence electrons. The van der Waals surface area contributed by atoms with Crippen LogP contribution in [0.2, 0.25) is 0 Å². The van der Waals surface area contributed by atoms with E-state index in [0.717, 1.165) is 18.7 Å². The molecule has 0 aliphatic heterocycles. The topological polar surface area (TPSA) is 81.7 Å². The SMILES string of the molecule is CCCn1cc(-c2nccc(NC)c2N)nn1. The minimum atomic E-state index is 0.596. The summed E-state index contributed by atoms with van der Waals surface area (Å²) in [4.78, 5) is 4.25. The first-order chi connectivity index (χ1) is 8.26. The third kappa shape index (κ3) is 2.20. The van der Waals surface area contributed by atoms with Crippen molar-refractivity contribution in [2.45, 2.75) is 19.9 Å². The van der Waals surface area contributed by atoms with Gasteiger partial charge >= 0.3 is 0 Å². The van der Waals surface area contributed by atoms with Crippen LogP contribution in [0, 0.1) is 0 Å². The molecule has 2 rings (SSSR count). The summed E-state index contributed by atoms with van der Waals surface area (Å²) in [6.07, 6.45) is 4.58. The fraction of sp³-hybridized carbons (Fsp3) is 0.364. The number of rotatable bonds is 4. The van der Waals surface area contributed by atoms with E-state index in [1.165, 1.54) is 0 Å². The van der Waals surface area contributed by atoms with E-state index in [4.69, 9.17) is 5.73 Å². The fourth-order valence-electron chi connectivity index (χ4n) is 1.64. The normalized spacial score (nSPS) is 10.5. The summed E-state index contributed by atoms with van der Waals surface area (Å²) in [6.45, 7) is 2.94. The van der Waals surface area contributed by atoms with Gasteiger partial charge in [0.1, 0.15) is 11.4 Å². The van der Waals surface area contributed by atoms with E-state index in [1.807, 2.05) is 19.3 Å². The van der Waals surface area contributed by atoms with Crippen LogP contribution in [0.3, 0.4) is 0 Å². The highest BCUT2D eigenvalue weighted by molar-refractivity contribution is 5.80. The smallest absolute Gasteiger partial charge is 0.133 e. The van der Waals surface area contributed by atoms with Crippen LogP contribution in [0.15, 0.2) is 18.5 Å². The summed E-state index contributed by atoms with van der Waals surface area (Å²) in [5, 5.41) is 11.1. The lowest BCUT2D eigenvalue weighted by atomic mass is 10.2. The Morgan fingerprint density at radius 1 is 1.47 bits per heavy atom. The molecule has 3 N–H and O–H groups in total. The van der Waals surface area contributed by atoms with Gasteiger partial charge in [-0.25, -0.2) is 0 Å². The van der Waals surface area contributed by atoms with Gasteiger partial charge in [-0.1, -0.05) is 12.1 Å². The predicted octanol–water partition coefficient (Wildman–Crippen LogP) is 1.37. The van der Waals surface area contributed by atoms with Gasteiger partial charge in [-0.05, 0) is 12.5 Å². The van der Waals surface area contributed by atoms with Crippen LogP contribution in [0.25, 0.3) is 11.4 Å². The second kappa shape index (κ2) is 4.82. The maximum Gasteiger partial charge on any atom is 0.133 e. The van der Waals surface area contributed by atoms with E-state index in [0.29, 0.717) is 17.1 Å². The maximum absolute atomic E-state index is 6.01. The average Bonchev–Trinajstić information content (AvgIpc) is 2.78. The predicted molar refractivity (Wildman–Crippen MR) is 67.5 cm³/mol. The molecule has 0 aliphatic carbocycles. The quantitative estimate of drug-likeness (QED) is 0.832. The Balaban J connectivity index is 2.38. The number of pyridine rings is 1. The number of hydrogen-bond donors (Lipinski definition) is 2. The summed E-state index contributed by atoms with van der Waals surface area (Å²) >= 11 is 0. The van der Waals surface area contributed by atoms with Crippen molar-refractivity contribution < 1.29 is 0 Å². The molecule has 0 saturated heterocycles. The molecule has 6 heteroatoms. The number of nitrogen functional groups attached to an aromatic ring is 1. The van der Waals surface area contributed by atoms with E-state index in [-0.39, 0.29) is 0 Å². The van der Waals surface area contributed by atoms with Crippen LogP contribution >= 0.6 is 0 Å². The second-order valence-electron chi connectivity index (χ2n) is 3.74. The van der Waals surface area contributed by atoms with E-state index >= 15 is 0 Å². The molecule has 6 nitrogen and oxygen atoms in total. The zero-order valence-corrected chi connectivity index (χ0v) is 10.0. The van der Waals surface area contributed by atoms with Gasteiger partial charge in [-0.2, -0.15) is 0 Å². The Hall–Kier alpha value is -2.11. The zero-order valence-electron chi connectivity index (χ0n) is 10.0. The van der Waals surface area contributed by atoms with Crippen molar-refractivity contribution in [2.75, 3.05) is 18.1 Å². The van der Waals surface area contributed by atoms with Crippen LogP contribution in [-0.4, -0.2) is 27.0 Å². The first kappa shape index (κ1) is 11.4. The molecule has 0 spiro atoms. The molecule has 0 aromatic carbocycles. The summed E-state index contributed by atoms with van der Waals surface area (Å²) in [6, 6.07) is 1.83. The number of nitrogens with zero attached hydrogens (tertiary/aromatic N) is 4. The zero-order chi connectivity index (χ0) is 12.3. The molecule has 0 amide bonds. The van der Waals surface area contributed by atoms with Gasteiger partial charge in [0.05, 0.1) is 17.6 Å². The third-order valence-electron chi connectivity index (χ3n) is 2.49. The number of nitrogens with two attached hydrogens (primary N) is 1. The van der Waals surface area contributed by atoms with Crippen molar-refractivity contribution >= 4 is 11.4 Å². The van der Waals surface area contributed by atoms with E-state index in [9.17, 15) is 0 Å². The molecule has 2 aromatic rings. The standard InChI is InChI=1S/C11H16N6/c1-3-6-17-7-9(15-16-17)11-10(12)8(13-2)4-5-14-11/h4-5,7H,3,6,12H2,1-2H3,(H,13,14). The maximum atomic E-state index is 6.01. The second-order valence-corrected chi connectivity index (χ2v) is 3.74. The van der Waals surface area contributed by atoms with Crippen molar-refractivity contribution in [2.24, 2.45) is 0 Å². The minimum Gasteiger partial charge on any atom is -0.395 e. The Morgan fingerprint density at radius 2 is 2.29 bits per heavy atom. The lowest BCUT2D eigenvalue weighted by Gasteiger charge is -2.06. The summed E-state index contributed by atoms with van der Waals surface area (Å²) < 4.78 is 1.79. The largest absolute Gasteiger partial charge is 0.395 e. The molecule has 0 atom stereocenters. The van der Waals surface area contributed by atoms with Crippen molar-refractivity contribution in [3.8, 4) is 11.4 Å². The van der Waals surface area contributed by atoms with Gasteiger partial charge in [0, 0.05) is 19.8 Å². The molecule has 0 aliphatic rings. The van der Waals surface area contributed by atoms with Crippen LogP contribution in [0.4, 0.5) is 11.4 Å². The Bertz CT molecular complexity index is 504. The van der Waals surface area contributed by atoms with Gasteiger partial charge in [0.15, 0.2) is 0 Å². The van der Waals surface area contributed by atoms with Gasteiger partial charge in [0.25, 0.3) is 0 Å². The monoisotopic (exact) mass is 232 g/mol. The minimum absolute atomic E-state index is 0.596. The van der Waals surface area contributed by atoms with E-state index < -0.39 is 0 Å². The first-order valence-electron chi connectivity index (χ1n) is 5.59. The molecule has 17 heavy (non-hydrogen) atoms. The number of aromatic nitrogens is 4. The summed E-state index contributed by atoms with van der Waals surface area (Å²) in [5.41, 5.74) is 8.82. The summed E-state index contributed by atoms with van der Waals surface area (Å²) in [5.74, 6) is 0. The molecule has 0 unspecified atom stereocenters. The van der Waals surface area contributed by atoms with E-state index in [1.54, 1.807) is 10.9 Å². The number of aryl methyl sites for hydroxylation is 1. The molecular formula is C11H16N6. The molecule has 0 radical (unpaired) electrons. The highest BCUT2D eigenvalue weighted by Crippen LogP contribution is 2.27. The van der Waals surface area contributed by atoms with Crippen LogP contribution in [0.5, 0.6) is 0 Å².